The summed E-state index contributed by atoms with van der Waals surface area (Å²) in [6.45, 7) is 7.79. The number of amides is 3. The van der Waals surface area contributed by atoms with Crippen LogP contribution in [-0.4, -0.2) is 72.3 Å². The third-order valence-corrected chi connectivity index (χ3v) is 7.98. The highest BCUT2D eigenvalue weighted by atomic mass is 19.1. The van der Waals surface area contributed by atoms with Crippen molar-refractivity contribution in [2.75, 3.05) is 38.5 Å². The van der Waals surface area contributed by atoms with Crippen LogP contribution in [-0.2, 0) is 14.4 Å². The number of nitrogens with one attached hydrogen (secondary N) is 2. The largest absolute Gasteiger partial charge is 0.342 e. The molecule has 1 aromatic carbocycles. The van der Waals surface area contributed by atoms with Crippen LogP contribution in [0.4, 0.5) is 10.1 Å². The second-order valence-electron chi connectivity index (χ2n) is 10.7. The minimum absolute atomic E-state index is 0.0233. The molecule has 1 aromatic rings. The van der Waals surface area contributed by atoms with Crippen LogP contribution in [0, 0.1) is 11.7 Å². The van der Waals surface area contributed by atoms with Gasteiger partial charge in [0, 0.05) is 39.0 Å². The molecule has 3 rings (SSSR count). The third-order valence-electron chi connectivity index (χ3n) is 7.98. The normalized spacial score (nSPS) is 21.1. The quantitative estimate of drug-likeness (QED) is 0.496. The summed E-state index contributed by atoms with van der Waals surface area (Å²) in [5.74, 6) is -1.87. The molecule has 1 saturated heterocycles. The number of anilines is 1. The lowest BCUT2D eigenvalue weighted by Crippen LogP contribution is -2.59. The zero-order valence-corrected chi connectivity index (χ0v) is 22.1. The molecule has 2 fully saturated rings. The average molecular weight is 504 g/mol. The summed E-state index contributed by atoms with van der Waals surface area (Å²) in [7, 11) is 2.02. The number of benzene rings is 1. The summed E-state index contributed by atoms with van der Waals surface area (Å²) in [5.41, 5.74) is 5.79. The molecule has 0 unspecified atom stereocenters. The van der Waals surface area contributed by atoms with E-state index in [1.165, 1.54) is 19.1 Å². The highest BCUT2D eigenvalue weighted by Gasteiger charge is 2.42. The Morgan fingerprint density at radius 1 is 1.08 bits per heavy atom. The van der Waals surface area contributed by atoms with Crippen LogP contribution in [0.1, 0.15) is 70.8 Å². The van der Waals surface area contributed by atoms with Gasteiger partial charge in [0.25, 0.3) is 0 Å². The average Bonchev–Trinajstić information content (AvgIpc) is 3.14. The van der Waals surface area contributed by atoms with Crippen LogP contribution >= 0.6 is 0 Å². The summed E-state index contributed by atoms with van der Waals surface area (Å²) >= 11 is 0. The molecule has 0 spiro atoms. The van der Waals surface area contributed by atoms with Gasteiger partial charge < -0.3 is 26.2 Å². The van der Waals surface area contributed by atoms with Gasteiger partial charge in [-0.15, -0.1) is 0 Å². The van der Waals surface area contributed by atoms with E-state index in [-0.39, 0.29) is 23.4 Å². The van der Waals surface area contributed by atoms with Gasteiger partial charge in [0.2, 0.25) is 17.7 Å². The molecule has 9 heteroatoms. The first-order valence-corrected chi connectivity index (χ1v) is 13.2. The van der Waals surface area contributed by atoms with Crippen molar-refractivity contribution in [1.82, 2.24) is 15.1 Å². The Kier molecular flexibility index (Phi) is 9.47. The van der Waals surface area contributed by atoms with E-state index >= 15 is 4.39 Å². The molecular formula is C27H42FN5O3. The molecule has 0 aromatic heterocycles. The van der Waals surface area contributed by atoms with Gasteiger partial charge in [0.05, 0.1) is 11.7 Å². The Bertz CT molecular complexity index is 941. The van der Waals surface area contributed by atoms with Crippen molar-refractivity contribution in [3.63, 3.8) is 0 Å². The molecule has 200 valence electrons. The molecule has 0 bridgehead atoms. The maximum Gasteiger partial charge on any atom is 0.250 e. The number of hydrogen-bond donors (Lipinski definition) is 3. The lowest BCUT2D eigenvalue weighted by Gasteiger charge is -2.36. The number of rotatable bonds is 7. The minimum atomic E-state index is -1.13. The number of piperazine rings is 1. The maximum absolute atomic E-state index is 15.1. The van der Waals surface area contributed by atoms with Crippen molar-refractivity contribution >= 4 is 23.4 Å². The van der Waals surface area contributed by atoms with E-state index in [1.807, 2.05) is 14.0 Å². The summed E-state index contributed by atoms with van der Waals surface area (Å²) in [6, 6.07) is 3.75. The molecule has 36 heavy (non-hydrogen) atoms. The first-order valence-electron chi connectivity index (χ1n) is 13.2. The molecule has 3 amide bonds. The number of carbonyl (C=O) groups is 3. The zero-order valence-electron chi connectivity index (χ0n) is 22.1. The standard InChI is InChI=1S/C27H42FN5O3/c1-18(24(29)25(35)33-15-13-32(4)14-16-33)20-11-12-23(22(28)17-20)30-26(36)27(3,31-19(2)34)21-9-7-5-6-8-10-21/h11-12,17-18,21,24H,5-10,13-16,29H2,1-4H3,(H,30,36)(H,31,34)/t18-,24+,27+/m0/s1. The lowest BCUT2D eigenvalue weighted by atomic mass is 9.79. The summed E-state index contributed by atoms with van der Waals surface area (Å²) in [6.07, 6.45) is 5.90. The Morgan fingerprint density at radius 3 is 2.25 bits per heavy atom. The number of nitrogens with zero attached hydrogens (tertiary/aromatic N) is 2. The van der Waals surface area contributed by atoms with Crippen molar-refractivity contribution in [3.8, 4) is 0 Å². The van der Waals surface area contributed by atoms with Crippen molar-refractivity contribution in [1.29, 1.82) is 0 Å². The van der Waals surface area contributed by atoms with Crippen LogP contribution in [0.2, 0.25) is 0 Å². The first kappa shape index (κ1) is 28.1. The fourth-order valence-corrected chi connectivity index (χ4v) is 5.39. The third kappa shape index (κ3) is 6.62. The van der Waals surface area contributed by atoms with Gasteiger partial charge in [0.15, 0.2) is 0 Å². The van der Waals surface area contributed by atoms with Crippen molar-refractivity contribution in [2.24, 2.45) is 11.7 Å². The fraction of sp³-hybridized carbons (Fsp3) is 0.667. The molecule has 1 aliphatic carbocycles. The van der Waals surface area contributed by atoms with Gasteiger partial charge in [-0.2, -0.15) is 0 Å². The Hall–Kier alpha value is -2.52. The second-order valence-corrected chi connectivity index (χ2v) is 10.7. The number of nitrogens with two attached hydrogens (primary N) is 1. The summed E-state index contributed by atoms with van der Waals surface area (Å²) in [4.78, 5) is 42.2. The summed E-state index contributed by atoms with van der Waals surface area (Å²) < 4.78 is 15.1. The van der Waals surface area contributed by atoms with Gasteiger partial charge in [-0.05, 0) is 50.4 Å². The van der Waals surface area contributed by atoms with Crippen LogP contribution in [0.15, 0.2) is 18.2 Å². The van der Waals surface area contributed by atoms with E-state index < -0.39 is 29.2 Å². The lowest BCUT2D eigenvalue weighted by molar-refractivity contribution is -0.134. The number of hydrogen-bond acceptors (Lipinski definition) is 5. The predicted octanol–water partition coefficient (Wildman–Crippen LogP) is 2.83. The van der Waals surface area contributed by atoms with Gasteiger partial charge in [-0.3, -0.25) is 14.4 Å². The maximum atomic E-state index is 15.1. The molecule has 1 saturated carbocycles. The molecule has 1 aliphatic heterocycles. The number of likely N-dealkylation sites (N-methyl/N-ethyl adjacent to an activating group) is 1. The zero-order chi connectivity index (χ0) is 26.5. The highest BCUT2D eigenvalue weighted by molar-refractivity contribution is 6.00. The monoisotopic (exact) mass is 503 g/mol. The molecule has 3 atom stereocenters. The molecular weight excluding hydrogens is 461 g/mol. The number of halogens is 1. The van der Waals surface area contributed by atoms with Crippen LogP contribution in [0.25, 0.3) is 0 Å². The topological polar surface area (TPSA) is 108 Å². The Balaban J connectivity index is 1.72. The van der Waals surface area contributed by atoms with Crippen molar-refractivity contribution in [2.45, 2.75) is 76.8 Å². The van der Waals surface area contributed by atoms with E-state index in [1.54, 1.807) is 17.9 Å². The Labute approximate surface area is 214 Å². The SMILES string of the molecule is CC(=O)N[C@@](C)(C(=O)Nc1ccc([C@H](C)[C@@H](N)C(=O)N2CCN(C)CC2)cc1F)C1CCCCCC1. The van der Waals surface area contributed by atoms with Crippen molar-refractivity contribution in [3.05, 3.63) is 29.6 Å². The van der Waals surface area contributed by atoms with Crippen LogP contribution in [0.5, 0.6) is 0 Å². The van der Waals surface area contributed by atoms with Gasteiger partial charge in [0.1, 0.15) is 11.4 Å². The van der Waals surface area contributed by atoms with Gasteiger partial charge in [-0.25, -0.2) is 4.39 Å². The van der Waals surface area contributed by atoms with E-state index in [4.69, 9.17) is 5.73 Å². The Morgan fingerprint density at radius 2 is 1.69 bits per heavy atom. The van der Waals surface area contributed by atoms with Crippen LogP contribution < -0.4 is 16.4 Å². The van der Waals surface area contributed by atoms with Gasteiger partial charge in [-0.1, -0.05) is 38.7 Å². The molecule has 1 heterocycles. The molecule has 2 aliphatic rings. The molecule has 0 radical (unpaired) electrons. The second kappa shape index (κ2) is 12.1. The van der Waals surface area contributed by atoms with Crippen LogP contribution in [0.3, 0.4) is 0 Å². The predicted molar refractivity (Wildman–Crippen MR) is 139 cm³/mol. The first-order chi connectivity index (χ1) is 17.0. The van der Waals surface area contributed by atoms with E-state index in [9.17, 15) is 14.4 Å². The van der Waals surface area contributed by atoms with E-state index in [0.717, 1.165) is 51.6 Å². The van der Waals surface area contributed by atoms with Gasteiger partial charge >= 0.3 is 0 Å². The van der Waals surface area contributed by atoms with E-state index in [2.05, 4.69) is 15.5 Å². The molecule has 4 N–H and O–H groups in total. The molecule has 8 nitrogen and oxygen atoms in total. The van der Waals surface area contributed by atoms with Crippen molar-refractivity contribution < 1.29 is 18.8 Å². The summed E-state index contributed by atoms with van der Waals surface area (Å²) in [5, 5.41) is 5.56. The van der Waals surface area contributed by atoms with E-state index in [0.29, 0.717) is 18.7 Å². The highest BCUT2D eigenvalue weighted by Crippen LogP contribution is 2.33. The smallest absolute Gasteiger partial charge is 0.250 e. The number of carbonyl (C=O) groups excluding carboxylic acids is 3. The minimum Gasteiger partial charge on any atom is -0.342 e. The fourth-order valence-electron chi connectivity index (χ4n) is 5.39.